The average Bonchev–Trinajstić information content (AvgIpc) is 2.41. The maximum absolute atomic E-state index is 5.40. The molecule has 0 aromatic heterocycles. The predicted octanol–water partition coefficient (Wildman–Crippen LogP) is 1.98. The summed E-state index contributed by atoms with van der Waals surface area (Å²) in [4.78, 5) is 0. The molecule has 3 heteroatoms. The molecule has 0 aliphatic carbocycles. The van der Waals surface area contributed by atoms with E-state index < -0.39 is 0 Å². The van der Waals surface area contributed by atoms with Crippen molar-refractivity contribution in [2.45, 2.75) is 0 Å². The zero-order chi connectivity index (χ0) is 9.10. The van der Waals surface area contributed by atoms with E-state index >= 15 is 0 Å². The molecule has 13 heavy (non-hydrogen) atoms. The van der Waals surface area contributed by atoms with Crippen molar-refractivity contribution in [3.8, 4) is 17.2 Å². The smallest absolute Gasteiger partial charge is 0.210 e. The Bertz CT molecular complexity index is 331. The number of fused-ring (bicyclic) bond motifs is 1. The fraction of sp³-hybridized carbons (Fsp3) is 0.200. The van der Waals surface area contributed by atoms with Gasteiger partial charge in [0.05, 0.1) is 13.4 Å². The topological polar surface area (TPSA) is 27.7 Å². The normalized spacial score (nSPS) is 13.6. The molecule has 0 saturated heterocycles. The van der Waals surface area contributed by atoms with Crippen LogP contribution in [0.25, 0.3) is 0 Å². The summed E-state index contributed by atoms with van der Waals surface area (Å²) in [6.45, 7) is 0.528. The summed E-state index contributed by atoms with van der Waals surface area (Å²) in [5, 5.41) is 0. The summed E-state index contributed by atoms with van der Waals surface area (Å²) in [5.41, 5.74) is 0. The highest BCUT2D eigenvalue weighted by Crippen LogP contribution is 2.37. The van der Waals surface area contributed by atoms with Crippen molar-refractivity contribution in [3.63, 3.8) is 0 Å². The van der Waals surface area contributed by atoms with Crippen molar-refractivity contribution < 1.29 is 14.2 Å². The fourth-order valence-corrected chi connectivity index (χ4v) is 1.18. The van der Waals surface area contributed by atoms with Crippen molar-refractivity contribution in [2.24, 2.45) is 0 Å². The lowest BCUT2D eigenvalue weighted by atomic mass is 10.3. The minimum atomic E-state index is 0.528. The zero-order valence-corrected chi connectivity index (χ0v) is 7.32. The Kier molecular flexibility index (Phi) is 2.08. The Balaban J connectivity index is 2.45. The molecule has 0 saturated carbocycles. The lowest BCUT2D eigenvalue weighted by molar-refractivity contribution is 0.340. The van der Waals surface area contributed by atoms with E-state index in [1.807, 2.05) is 18.2 Å². The molecule has 0 N–H and O–H groups in total. The largest absolute Gasteiger partial charge is 0.493 e. The molecule has 3 nitrogen and oxygen atoms in total. The first-order chi connectivity index (χ1) is 6.42. The standard InChI is InChI=1S/C10H10O3/c1-11-8-4-2-5-9-10(8)13-7-3-6-12-9/h2-5,7H,6H2,1H3. The molecular formula is C10H10O3. The molecule has 68 valence electrons. The van der Waals surface area contributed by atoms with E-state index in [2.05, 4.69) is 0 Å². The second-order valence-electron chi connectivity index (χ2n) is 2.59. The van der Waals surface area contributed by atoms with Gasteiger partial charge >= 0.3 is 0 Å². The van der Waals surface area contributed by atoms with Crippen LogP contribution in [0, 0.1) is 0 Å². The number of hydrogen-bond acceptors (Lipinski definition) is 3. The number of ether oxygens (including phenoxy) is 3. The zero-order valence-electron chi connectivity index (χ0n) is 7.32. The summed E-state index contributed by atoms with van der Waals surface area (Å²) in [6, 6.07) is 5.55. The maximum atomic E-state index is 5.40. The van der Waals surface area contributed by atoms with Crippen LogP contribution >= 0.6 is 0 Å². The molecule has 0 atom stereocenters. The third-order valence-electron chi connectivity index (χ3n) is 1.78. The predicted molar refractivity (Wildman–Crippen MR) is 48.3 cm³/mol. The monoisotopic (exact) mass is 178 g/mol. The second kappa shape index (κ2) is 3.39. The first-order valence-corrected chi connectivity index (χ1v) is 4.03. The Hall–Kier alpha value is -1.64. The van der Waals surface area contributed by atoms with Crippen LogP contribution in [0.5, 0.6) is 17.2 Å². The number of benzene rings is 1. The number of hydrogen-bond donors (Lipinski definition) is 0. The summed E-state index contributed by atoms with van der Waals surface area (Å²) in [5.74, 6) is 2.03. The number of rotatable bonds is 1. The van der Waals surface area contributed by atoms with Crippen molar-refractivity contribution in [1.82, 2.24) is 0 Å². The van der Waals surface area contributed by atoms with Crippen LogP contribution < -0.4 is 14.2 Å². The minimum absolute atomic E-state index is 0.528. The Morgan fingerprint density at radius 2 is 2.31 bits per heavy atom. The SMILES string of the molecule is COc1cccc2c1OC=CCO2. The molecule has 1 aromatic carbocycles. The van der Waals surface area contributed by atoms with E-state index in [1.165, 1.54) is 0 Å². The van der Waals surface area contributed by atoms with E-state index in [1.54, 1.807) is 19.4 Å². The van der Waals surface area contributed by atoms with E-state index in [9.17, 15) is 0 Å². The van der Waals surface area contributed by atoms with Gasteiger partial charge in [0.15, 0.2) is 11.5 Å². The van der Waals surface area contributed by atoms with E-state index in [-0.39, 0.29) is 0 Å². The lowest BCUT2D eigenvalue weighted by Crippen LogP contribution is -1.93. The van der Waals surface area contributed by atoms with Crippen LogP contribution in [0.15, 0.2) is 30.5 Å². The molecule has 1 aliphatic heterocycles. The van der Waals surface area contributed by atoms with Crippen molar-refractivity contribution >= 4 is 0 Å². The van der Waals surface area contributed by atoms with Gasteiger partial charge in [-0.1, -0.05) is 6.07 Å². The van der Waals surface area contributed by atoms with E-state index in [4.69, 9.17) is 14.2 Å². The Morgan fingerprint density at radius 1 is 1.38 bits per heavy atom. The summed E-state index contributed by atoms with van der Waals surface area (Å²) in [6.07, 6.45) is 3.41. The molecular weight excluding hydrogens is 168 g/mol. The third kappa shape index (κ3) is 1.45. The van der Waals surface area contributed by atoms with Gasteiger partial charge in [0.25, 0.3) is 0 Å². The van der Waals surface area contributed by atoms with Crippen LogP contribution in [0.1, 0.15) is 0 Å². The highest BCUT2D eigenvalue weighted by Gasteiger charge is 2.12. The second-order valence-corrected chi connectivity index (χ2v) is 2.59. The molecule has 0 spiro atoms. The van der Waals surface area contributed by atoms with Gasteiger partial charge in [-0.15, -0.1) is 0 Å². The van der Waals surface area contributed by atoms with Crippen LogP contribution in [0.3, 0.4) is 0 Å². The number of para-hydroxylation sites is 1. The van der Waals surface area contributed by atoms with Crippen LogP contribution in [0.2, 0.25) is 0 Å². The van der Waals surface area contributed by atoms with Crippen LogP contribution in [0.4, 0.5) is 0 Å². The van der Waals surface area contributed by atoms with Gasteiger partial charge in [-0.25, -0.2) is 0 Å². The van der Waals surface area contributed by atoms with Gasteiger partial charge < -0.3 is 14.2 Å². The van der Waals surface area contributed by atoms with Gasteiger partial charge in [-0.05, 0) is 18.2 Å². The summed E-state index contributed by atoms with van der Waals surface area (Å²) < 4.78 is 15.9. The van der Waals surface area contributed by atoms with Crippen LogP contribution in [-0.2, 0) is 0 Å². The lowest BCUT2D eigenvalue weighted by Gasteiger charge is -2.09. The van der Waals surface area contributed by atoms with Crippen LogP contribution in [-0.4, -0.2) is 13.7 Å². The molecule has 0 unspecified atom stereocenters. The van der Waals surface area contributed by atoms with Gasteiger partial charge in [0, 0.05) is 0 Å². The molecule has 0 bridgehead atoms. The number of methoxy groups -OCH3 is 1. The Morgan fingerprint density at radius 3 is 3.15 bits per heavy atom. The molecule has 0 amide bonds. The van der Waals surface area contributed by atoms with Gasteiger partial charge in [-0.2, -0.15) is 0 Å². The quantitative estimate of drug-likeness (QED) is 0.658. The highest BCUT2D eigenvalue weighted by atomic mass is 16.5. The van der Waals surface area contributed by atoms with Crippen molar-refractivity contribution in [3.05, 3.63) is 30.5 Å². The van der Waals surface area contributed by atoms with E-state index in [0.29, 0.717) is 23.9 Å². The molecule has 1 heterocycles. The van der Waals surface area contributed by atoms with Crippen molar-refractivity contribution in [1.29, 1.82) is 0 Å². The molecule has 0 fully saturated rings. The van der Waals surface area contributed by atoms with Gasteiger partial charge in [0.2, 0.25) is 5.75 Å². The fourth-order valence-electron chi connectivity index (χ4n) is 1.18. The van der Waals surface area contributed by atoms with Gasteiger partial charge in [0.1, 0.15) is 6.61 Å². The Labute approximate surface area is 76.5 Å². The summed E-state index contributed by atoms with van der Waals surface area (Å²) >= 11 is 0. The van der Waals surface area contributed by atoms with Crippen molar-refractivity contribution in [2.75, 3.05) is 13.7 Å². The third-order valence-corrected chi connectivity index (χ3v) is 1.78. The molecule has 2 rings (SSSR count). The molecule has 0 radical (unpaired) electrons. The molecule has 1 aliphatic rings. The highest BCUT2D eigenvalue weighted by molar-refractivity contribution is 5.51. The first-order valence-electron chi connectivity index (χ1n) is 4.03. The molecule has 1 aromatic rings. The van der Waals surface area contributed by atoms with E-state index in [0.717, 1.165) is 0 Å². The maximum Gasteiger partial charge on any atom is 0.210 e. The van der Waals surface area contributed by atoms with Gasteiger partial charge in [-0.3, -0.25) is 0 Å². The minimum Gasteiger partial charge on any atom is -0.493 e. The summed E-state index contributed by atoms with van der Waals surface area (Å²) in [7, 11) is 1.60. The average molecular weight is 178 g/mol. The first kappa shape index (κ1) is 7.98.